The second kappa shape index (κ2) is 10.7. The van der Waals surface area contributed by atoms with Gasteiger partial charge in [0.25, 0.3) is 0 Å². The number of aliphatic hydroxyl groups is 1. The van der Waals surface area contributed by atoms with Gasteiger partial charge in [0, 0.05) is 31.4 Å². The van der Waals surface area contributed by atoms with Crippen molar-refractivity contribution >= 4 is 29.9 Å². The molecule has 0 aliphatic rings. The number of nitrogens with one attached hydrogen (secondary N) is 2. The van der Waals surface area contributed by atoms with E-state index in [9.17, 15) is 5.11 Å². The van der Waals surface area contributed by atoms with Gasteiger partial charge >= 0.3 is 0 Å². The Hall–Kier alpha value is -1.55. The molecular formula is C19H32IN5O2. The van der Waals surface area contributed by atoms with Crippen molar-refractivity contribution in [2.24, 2.45) is 4.99 Å². The summed E-state index contributed by atoms with van der Waals surface area (Å²) in [4.78, 5) is 4.54. The predicted octanol–water partition coefficient (Wildman–Crippen LogP) is 2.87. The average molecular weight is 489 g/mol. The molecule has 0 spiro atoms. The van der Waals surface area contributed by atoms with E-state index in [1.807, 2.05) is 50.8 Å². The molecule has 2 aromatic heterocycles. The van der Waals surface area contributed by atoms with Crippen LogP contribution in [-0.2, 0) is 12.1 Å². The third-order valence-corrected chi connectivity index (χ3v) is 4.13. The summed E-state index contributed by atoms with van der Waals surface area (Å²) in [5.74, 6) is 2.22. The normalized spacial score (nSPS) is 13.8. The molecule has 0 aromatic carbocycles. The van der Waals surface area contributed by atoms with Crippen molar-refractivity contribution in [1.29, 1.82) is 0 Å². The molecule has 27 heavy (non-hydrogen) atoms. The molecule has 0 amide bonds. The van der Waals surface area contributed by atoms with Crippen LogP contribution in [0.2, 0.25) is 0 Å². The summed E-state index contributed by atoms with van der Waals surface area (Å²) in [6.45, 7) is 12.2. The minimum absolute atomic E-state index is 0. The number of nitrogens with zero attached hydrogens (tertiary/aromatic N) is 3. The first kappa shape index (κ1) is 23.5. The minimum Gasteiger partial charge on any atom is -0.466 e. The number of hydrogen-bond acceptors (Lipinski definition) is 4. The molecule has 0 radical (unpaired) electrons. The zero-order valence-electron chi connectivity index (χ0n) is 16.9. The Balaban J connectivity index is 0.00000364. The Labute approximate surface area is 178 Å². The number of halogens is 1. The molecule has 0 bridgehead atoms. The Bertz CT molecular complexity index is 736. The maximum atomic E-state index is 10.8. The maximum absolute atomic E-state index is 10.8. The summed E-state index contributed by atoms with van der Waals surface area (Å²) < 4.78 is 7.47. The minimum atomic E-state index is -1.07. The molecule has 0 fully saturated rings. The van der Waals surface area contributed by atoms with Crippen molar-refractivity contribution in [2.75, 3.05) is 19.6 Å². The van der Waals surface area contributed by atoms with Crippen molar-refractivity contribution in [3.63, 3.8) is 0 Å². The summed E-state index contributed by atoms with van der Waals surface area (Å²) in [7, 11) is 0. The quantitative estimate of drug-likeness (QED) is 0.230. The van der Waals surface area contributed by atoms with Crippen LogP contribution in [0.3, 0.4) is 0 Å². The summed E-state index contributed by atoms with van der Waals surface area (Å²) in [6.07, 6.45) is 4.83. The second-order valence-electron chi connectivity index (χ2n) is 6.86. The smallest absolute Gasteiger partial charge is 0.191 e. The van der Waals surface area contributed by atoms with Gasteiger partial charge in [-0.05, 0) is 52.7 Å². The van der Waals surface area contributed by atoms with Crippen LogP contribution in [0, 0.1) is 20.8 Å². The van der Waals surface area contributed by atoms with Crippen LogP contribution in [-0.4, -0.2) is 40.5 Å². The molecule has 0 saturated heterocycles. The van der Waals surface area contributed by atoms with Gasteiger partial charge in [-0.1, -0.05) is 0 Å². The molecule has 0 aliphatic carbocycles. The third kappa shape index (κ3) is 7.17. The van der Waals surface area contributed by atoms with Crippen LogP contribution < -0.4 is 10.6 Å². The lowest BCUT2D eigenvalue weighted by Crippen LogP contribution is -2.39. The number of aromatic nitrogens is 2. The van der Waals surface area contributed by atoms with E-state index < -0.39 is 5.60 Å². The van der Waals surface area contributed by atoms with E-state index in [1.165, 1.54) is 5.56 Å². The summed E-state index contributed by atoms with van der Waals surface area (Å²) in [6, 6.07) is 1.87. The fourth-order valence-corrected chi connectivity index (χ4v) is 2.86. The second-order valence-corrected chi connectivity index (χ2v) is 6.86. The van der Waals surface area contributed by atoms with Gasteiger partial charge in [0.2, 0.25) is 0 Å². The fraction of sp³-hybridized carbons (Fsp3) is 0.579. The molecule has 152 valence electrons. The highest BCUT2D eigenvalue weighted by atomic mass is 127. The first-order valence-corrected chi connectivity index (χ1v) is 9.13. The van der Waals surface area contributed by atoms with Crippen molar-refractivity contribution in [2.45, 2.75) is 53.2 Å². The SMILES string of the molecule is CCNC(=NCC(C)(O)c1cc(C)oc1C)NCCCn1cc(C)cn1.I. The molecule has 2 heterocycles. The number of guanidine groups is 1. The van der Waals surface area contributed by atoms with Crippen LogP contribution >= 0.6 is 24.0 Å². The molecule has 2 rings (SSSR count). The number of rotatable bonds is 8. The van der Waals surface area contributed by atoms with Gasteiger partial charge in [0.15, 0.2) is 5.96 Å². The molecule has 2 aromatic rings. The molecule has 0 aliphatic heterocycles. The largest absolute Gasteiger partial charge is 0.466 e. The lowest BCUT2D eigenvalue weighted by atomic mass is 9.96. The molecule has 1 unspecified atom stereocenters. The molecule has 0 saturated carbocycles. The van der Waals surface area contributed by atoms with E-state index in [-0.39, 0.29) is 30.5 Å². The van der Waals surface area contributed by atoms with E-state index in [4.69, 9.17) is 4.42 Å². The van der Waals surface area contributed by atoms with Gasteiger partial charge in [-0.25, -0.2) is 4.99 Å². The Morgan fingerprint density at radius 1 is 1.33 bits per heavy atom. The van der Waals surface area contributed by atoms with Gasteiger partial charge in [-0.3, -0.25) is 4.68 Å². The third-order valence-electron chi connectivity index (χ3n) is 4.13. The van der Waals surface area contributed by atoms with Crippen LogP contribution in [0.15, 0.2) is 27.9 Å². The summed E-state index contributed by atoms with van der Waals surface area (Å²) in [5.41, 5.74) is 0.875. The fourth-order valence-electron chi connectivity index (χ4n) is 2.86. The highest BCUT2D eigenvalue weighted by Crippen LogP contribution is 2.27. The lowest BCUT2D eigenvalue weighted by Gasteiger charge is -2.21. The zero-order valence-corrected chi connectivity index (χ0v) is 19.2. The maximum Gasteiger partial charge on any atom is 0.191 e. The van der Waals surface area contributed by atoms with Crippen molar-refractivity contribution in [3.05, 3.63) is 41.1 Å². The predicted molar refractivity (Wildman–Crippen MR) is 119 cm³/mol. The molecule has 3 N–H and O–H groups in total. The molecule has 1 atom stereocenters. The summed E-state index contributed by atoms with van der Waals surface area (Å²) >= 11 is 0. The van der Waals surface area contributed by atoms with E-state index >= 15 is 0 Å². The van der Waals surface area contributed by atoms with Gasteiger partial charge in [0.1, 0.15) is 17.1 Å². The highest BCUT2D eigenvalue weighted by Gasteiger charge is 2.27. The van der Waals surface area contributed by atoms with Gasteiger partial charge in [-0.2, -0.15) is 5.10 Å². The van der Waals surface area contributed by atoms with Gasteiger partial charge in [0.05, 0.1) is 12.7 Å². The number of furan rings is 1. The number of hydrogen-bond donors (Lipinski definition) is 3. The summed E-state index contributed by atoms with van der Waals surface area (Å²) in [5, 5.41) is 21.6. The van der Waals surface area contributed by atoms with Crippen molar-refractivity contribution < 1.29 is 9.52 Å². The van der Waals surface area contributed by atoms with E-state index in [0.29, 0.717) is 5.96 Å². The Morgan fingerprint density at radius 3 is 2.63 bits per heavy atom. The van der Waals surface area contributed by atoms with E-state index in [0.717, 1.165) is 43.1 Å². The molecule has 8 heteroatoms. The van der Waals surface area contributed by atoms with Crippen molar-refractivity contribution in [3.8, 4) is 0 Å². The monoisotopic (exact) mass is 489 g/mol. The first-order valence-electron chi connectivity index (χ1n) is 9.13. The first-order chi connectivity index (χ1) is 12.3. The molecule has 7 nitrogen and oxygen atoms in total. The zero-order chi connectivity index (χ0) is 19.2. The Morgan fingerprint density at radius 2 is 2.07 bits per heavy atom. The van der Waals surface area contributed by atoms with Crippen LogP contribution in [0.5, 0.6) is 0 Å². The average Bonchev–Trinajstić information content (AvgIpc) is 3.14. The van der Waals surface area contributed by atoms with Crippen LogP contribution in [0.25, 0.3) is 0 Å². The topological polar surface area (TPSA) is 87.6 Å². The number of aliphatic imine (C=N–C) groups is 1. The van der Waals surface area contributed by atoms with E-state index in [1.54, 1.807) is 6.92 Å². The lowest BCUT2D eigenvalue weighted by molar-refractivity contribution is 0.0657. The van der Waals surface area contributed by atoms with Crippen molar-refractivity contribution in [1.82, 2.24) is 20.4 Å². The molecular weight excluding hydrogens is 457 g/mol. The highest BCUT2D eigenvalue weighted by molar-refractivity contribution is 14.0. The standard InChI is InChI=1S/C19H31N5O2.HI/c1-6-20-18(21-8-7-9-24-12-14(2)11-23-24)22-13-19(5,25)17-10-15(3)26-16(17)4;/h10-12,25H,6-9,13H2,1-5H3,(H2,20,21,22);1H. The van der Waals surface area contributed by atoms with E-state index in [2.05, 4.69) is 20.7 Å². The van der Waals surface area contributed by atoms with Crippen LogP contribution in [0.1, 0.15) is 42.9 Å². The van der Waals surface area contributed by atoms with Gasteiger partial charge in [-0.15, -0.1) is 24.0 Å². The number of aryl methyl sites for hydroxylation is 4. The Kier molecular flexibility index (Phi) is 9.31. The van der Waals surface area contributed by atoms with Crippen LogP contribution in [0.4, 0.5) is 0 Å². The van der Waals surface area contributed by atoms with Gasteiger partial charge < -0.3 is 20.2 Å².